The Labute approximate surface area is 142 Å². The van der Waals surface area contributed by atoms with Crippen molar-refractivity contribution in [2.24, 2.45) is 0 Å². The number of nitrogens with zero attached hydrogens (tertiary/aromatic N) is 3. The van der Waals surface area contributed by atoms with E-state index in [1.54, 1.807) is 16.8 Å². The zero-order valence-corrected chi connectivity index (χ0v) is 13.5. The van der Waals surface area contributed by atoms with Gasteiger partial charge < -0.3 is 15.4 Å². The second-order valence-electron chi connectivity index (χ2n) is 5.81. The number of rotatable bonds is 0. The maximum Gasteiger partial charge on any atom is 0.256 e. The lowest BCUT2D eigenvalue weighted by atomic mass is 10.2. The van der Waals surface area contributed by atoms with Gasteiger partial charge in [-0.2, -0.15) is 5.10 Å². The summed E-state index contributed by atoms with van der Waals surface area (Å²) in [5, 5.41) is 10.2. The van der Waals surface area contributed by atoms with Crippen molar-refractivity contribution in [3.8, 4) is 5.75 Å². The van der Waals surface area contributed by atoms with Crippen LogP contribution in [0, 0.1) is 12.7 Å². The molecule has 0 radical (unpaired) electrons. The molecule has 8 heteroatoms. The van der Waals surface area contributed by atoms with E-state index in [0.717, 1.165) is 5.56 Å². The number of anilines is 1. The number of ether oxygens (including phenoxy) is 1. The summed E-state index contributed by atoms with van der Waals surface area (Å²) in [5.74, 6) is 0.583. The quantitative estimate of drug-likeness (QED) is 0.653. The Morgan fingerprint density at radius 1 is 1.32 bits per heavy atom. The molecule has 0 unspecified atom stereocenters. The molecule has 1 aliphatic heterocycles. The van der Waals surface area contributed by atoms with Crippen molar-refractivity contribution in [1.29, 1.82) is 0 Å². The van der Waals surface area contributed by atoms with Crippen LogP contribution in [0.3, 0.4) is 0 Å². The number of benzene rings is 1. The van der Waals surface area contributed by atoms with Crippen molar-refractivity contribution in [3.05, 3.63) is 53.1 Å². The number of carbonyl (C=O) groups excluding carboxylic acids is 1. The number of fused-ring (bicyclic) bond motifs is 2. The fraction of sp³-hybridized carbons (Fsp3) is 0.235. The summed E-state index contributed by atoms with van der Waals surface area (Å²) in [6.07, 6.45) is 3.29. The fourth-order valence-corrected chi connectivity index (χ4v) is 2.77. The van der Waals surface area contributed by atoms with E-state index in [4.69, 9.17) is 4.74 Å². The molecule has 1 aromatic carbocycles. The third-order valence-corrected chi connectivity index (χ3v) is 4.03. The maximum atomic E-state index is 13.6. The summed E-state index contributed by atoms with van der Waals surface area (Å²) < 4.78 is 20.9. The SMILES string of the molecule is Cc1cn2ncc3c2nc1NCc1cc(F)ccc1OCCNC3=O. The molecule has 0 aliphatic carbocycles. The van der Waals surface area contributed by atoms with Gasteiger partial charge in [0.05, 0.1) is 12.7 Å². The van der Waals surface area contributed by atoms with E-state index >= 15 is 0 Å². The third-order valence-electron chi connectivity index (χ3n) is 4.03. The van der Waals surface area contributed by atoms with Gasteiger partial charge >= 0.3 is 0 Å². The van der Waals surface area contributed by atoms with Gasteiger partial charge in [-0.1, -0.05) is 0 Å². The van der Waals surface area contributed by atoms with Gasteiger partial charge in [0.25, 0.3) is 5.91 Å². The topological polar surface area (TPSA) is 80.6 Å². The van der Waals surface area contributed by atoms with Gasteiger partial charge in [0.2, 0.25) is 0 Å². The number of halogens is 1. The Morgan fingerprint density at radius 3 is 3.08 bits per heavy atom. The summed E-state index contributed by atoms with van der Waals surface area (Å²) in [5.41, 5.74) is 2.40. The lowest BCUT2D eigenvalue weighted by molar-refractivity contribution is 0.0948. The largest absolute Gasteiger partial charge is 0.491 e. The number of hydrogen-bond donors (Lipinski definition) is 2. The molecule has 1 amide bonds. The average molecular weight is 341 g/mol. The normalized spacial score (nSPS) is 14.6. The molecule has 0 saturated carbocycles. The first-order chi connectivity index (χ1) is 12.1. The highest BCUT2D eigenvalue weighted by Crippen LogP contribution is 2.23. The minimum atomic E-state index is -0.333. The van der Waals surface area contributed by atoms with Crippen LogP contribution < -0.4 is 15.4 Å². The molecule has 0 spiro atoms. The van der Waals surface area contributed by atoms with Crippen LogP contribution in [0.2, 0.25) is 0 Å². The molecule has 0 atom stereocenters. The highest BCUT2D eigenvalue weighted by molar-refractivity contribution is 5.99. The fourth-order valence-electron chi connectivity index (χ4n) is 2.77. The first-order valence-corrected chi connectivity index (χ1v) is 7.90. The predicted molar refractivity (Wildman–Crippen MR) is 89.3 cm³/mol. The average Bonchev–Trinajstić information content (AvgIpc) is 2.99. The summed E-state index contributed by atoms with van der Waals surface area (Å²) in [6, 6.07) is 4.37. The van der Waals surface area contributed by atoms with Crippen LogP contribution in [-0.4, -0.2) is 33.7 Å². The van der Waals surface area contributed by atoms with Crippen LogP contribution in [0.5, 0.6) is 5.75 Å². The number of carbonyl (C=O) groups is 1. The van der Waals surface area contributed by atoms with E-state index in [0.29, 0.717) is 41.4 Å². The molecule has 1 aliphatic rings. The number of nitrogens with one attached hydrogen (secondary N) is 2. The summed E-state index contributed by atoms with van der Waals surface area (Å²) in [6.45, 7) is 2.83. The smallest absolute Gasteiger partial charge is 0.256 e. The first-order valence-electron chi connectivity index (χ1n) is 7.90. The molecular formula is C17H16FN5O2. The van der Waals surface area contributed by atoms with Gasteiger partial charge in [0.15, 0.2) is 5.65 Å². The second-order valence-corrected chi connectivity index (χ2v) is 5.81. The van der Waals surface area contributed by atoms with Crippen molar-refractivity contribution in [3.63, 3.8) is 0 Å². The molecule has 2 aromatic heterocycles. The van der Waals surface area contributed by atoms with Gasteiger partial charge in [-0.05, 0) is 25.1 Å². The van der Waals surface area contributed by atoms with E-state index in [1.165, 1.54) is 18.3 Å². The molecule has 128 valence electrons. The van der Waals surface area contributed by atoms with Crippen LogP contribution in [0.1, 0.15) is 21.5 Å². The van der Waals surface area contributed by atoms with E-state index in [-0.39, 0.29) is 18.3 Å². The highest BCUT2D eigenvalue weighted by atomic mass is 19.1. The number of hydrogen-bond acceptors (Lipinski definition) is 5. The third kappa shape index (κ3) is 2.86. The van der Waals surface area contributed by atoms with Gasteiger partial charge in [-0.15, -0.1) is 0 Å². The Bertz CT molecular complexity index is 969. The summed E-state index contributed by atoms with van der Waals surface area (Å²) in [7, 11) is 0. The van der Waals surface area contributed by atoms with E-state index in [9.17, 15) is 9.18 Å². The molecule has 0 fully saturated rings. The van der Waals surface area contributed by atoms with Gasteiger partial charge in [0, 0.05) is 23.9 Å². The molecule has 4 rings (SSSR count). The van der Waals surface area contributed by atoms with E-state index in [1.807, 2.05) is 6.92 Å². The highest BCUT2D eigenvalue weighted by Gasteiger charge is 2.17. The van der Waals surface area contributed by atoms with Crippen LogP contribution in [0.15, 0.2) is 30.6 Å². The van der Waals surface area contributed by atoms with Crippen molar-refractivity contribution in [1.82, 2.24) is 19.9 Å². The zero-order valence-electron chi connectivity index (χ0n) is 13.5. The first kappa shape index (κ1) is 15.4. The van der Waals surface area contributed by atoms with Gasteiger partial charge in [-0.25, -0.2) is 13.9 Å². The number of aryl methyl sites for hydroxylation is 1. The minimum Gasteiger partial charge on any atom is -0.491 e. The lowest BCUT2D eigenvalue weighted by Gasteiger charge is -2.13. The molecule has 2 bridgehead atoms. The summed E-state index contributed by atoms with van der Waals surface area (Å²) in [4.78, 5) is 16.9. The molecule has 7 nitrogen and oxygen atoms in total. The Balaban J connectivity index is 1.79. The zero-order chi connectivity index (χ0) is 17.4. The lowest BCUT2D eigenvalue weighted by Crippen LogP contribution is -2.28. The van der Waals surface area contributed by atoms with Crippen LogP contribution >= 0.6 is 0 Å². The number of amides is 1. The predicted octanol–water partition coefficient (Wildman–Crippen LogP) is 1.91. The summed E-state index contributed by atoms with van der Waals surface area (Å²) >= 11 is 0. The number of aromatic nitrogens is 3. The molecule has 3 heterocycles. The van der Waals surface area contributed by atoms with Crippen molar-refractivity contribution in [2.45, 2.75) is 13.5 Å². The molecule has 0 saturated heterocycles. The van der Waals surface area contributed by atoms with E-state index in [2.05, 4.69) is 20.7 Å². The standard InChI is InChI=1S/C17H16FN5O2/c1-10-9-23-16-13(8-21-23)17(24)19-4-5-25-14-3-2-12(18)6-11(14)7-20-15(10)22-16/h2-3,6,8-9H,4-5,7H2,1H3,(H,19,24)(H,20,22). The van der Waals surface area contributed by atoms with Crippen LogP contribution in [-0.2, 0) is 6.54 Å². The van der Waals surface area contributed by atoms with Gasteiger partial charge in [-0.3, -0.25) is 4.79 Å². The molecular weight excluding hydrogens is 325 g/mol. The van der Waals surface area contributed by atoms with E-state index < -0.39 is 0 Å². The Kier molecular flexibility index (Phi) is 3.72. The molecule has 2 N–H and O–H groups in total. The van der Waals surface area contributed by atoms with Crippen molar-refractivity contribution >= 4 is 17.4 Å². The van der Waals surface area contributed by atoms with Crippen LogP contribution in [0.25, 0.3) is 5.65 Å². The second kappa shape index (κ2) is 6.04. The van der Waals surface area contributed by atoms with Crippen LogP contribution in [0.4, 0.5) is 10.2 Å². The Morgan fingerprint density at radius 2 is 2.20 bits per heavy atom. The molecule has 25 heavy (non-hydrogen) atoms. The minimum absolute atomic E-state index is 0.264. The Hall–Kier alpha value is -3.16. The van der Waals surface area contributed by atoms with Crippen molar-refractivity contribution < 1.29 is 13.9 Å². The molecule has 3 aromatic rings. The monoisotopic (exact) mass is 341 g/mol. The maximum absolute atomic E-state index is 13.6. The van der Waals surface area contributed by atoms with Crippen molar-refractivity contribution in [2.75, 3.05) is 18.5 Å². The van der Waals surface area contributed by atoms with Gasteiger partial charge in [0.1, 0.15) is 29.6 Å².